The van der Waals surface area contributed by atoms with Crippen molar-refractivity contribution < 1.29 is 79.0 Å². The van der Waals surface area contributed by atoms with E-state index in [9.17, 15) is 49.2 Å². The Morgan fingerprint density at radius 1 is 0.701 bits per heavy atom. The number of aromatic amines is 2. The summed E-state index contributed by atoms with van der Waals surface area (Å²) in [4.78, 5) is 72.2. The third-order valence-electron chi connectivity index (χ3n) is 14.1. The van der Waals surface area contributed by atoms with Crippen molar-refractivity contribution in [2.24, 2.45) is 19.8 Å². The molecule has 7 heterocycles. The number of aryl methyl sites for hydroxylation is 4. The highest BCUT2D eigenvalue weighted by Crippen LogP contribution is 2.35. The molecule has 0 bridgehead atoms. The van der Waals surface area contributed by atoms with Crippen molar-refractivity contribution in [3.8, 4) is 34.3 Å². The van der Waals surface area contributed by atoms with Crippen LogP contribution in [-0.2, 0) is 60.3 Å². The van der Waals surface area contributed by atoms with Crippen molar-refractivity contribution >= 4 is 69.7 Å². The number of nitrogens with two attached hydrogens (primary N) is 1. The Morgan fingerprint density at radius 3 is 1.53 bits per heavy atom. The molecular formula is C61H92ClF3N14O16S2. The number of benzene rings is 2. The summed E-state index contributed by atoms with van der Waals surface area (Å²) < 4.78 is 103. The van der Waals surface area contributed by atoms with E-state index in [1.165, 1.54) is 48.9 Å². The van der Waals surface area contributed by atoms with Crippen LogP contribution in [0.4, 0.5) is 18.0 Å². The van der Waals surface area contributed by atoms with E-state index in [-0.39, 0.29) is 70.7 Å². The minimum absolute atomic E-state index is 0.0569. The molecule has 0 saturated carbocycles. The third-order valence-corrected chi connectivity index (χ3v) is 17.3. The number of aliphatic hydroxyl groups is 3. The van der Waals surface area contributed by atoms with E-state index >= 15 is 0 Å². The number of ketones is 1. The number of aliphatic hydroxyl groups excluding tert-OH is 3. The number of rotatable bonds is 25. The second-order valence-electron chi connectivity index (χ2n) is 23.2. The Labute approximate surface area is 565 Å². The number of carbonyl (C=O) groups is 3. The fraction of sp³-hybridized carbons (Fsp3) is 0.590. The molecule has 97 heavy (non-hydrogen) atoms. The number of unbranched alkanes of at least 4 members (excludes halogenated alkanes) is 2. The Hall–Kier alpha value is -7.19. The highest BCUT2D eigenvalue weighted by atomic mass is 35.7. The van der Waals surface area contributed by atoms with Crippen LogP contribution in [0.1, 0.15) is 105 Å². The van der Waals surface area contributed by atoms with Crippen molar-refractivity contribution in [1.29, 1.82) is 0 Å². The number of aromatic nitrogens is 8. The van der Waals surface area contributed by atoms with Crippen molar-refractivity contribution in [3.05, 3.63) is 68.5 Å². The van der Waals surface area contributed by atoms with Gasteiger partial charge in [0.25, 0.3) is 20.2 Å². The van der Waals surface area contributed by atoms with Crippen molar-refractivity contribution in [1.82, 2.24) is 64.7 Å². The number of hydrogen-bond acceptors (Lipinski definition) is 23. The van der Waals surface area contributed by atoms with Crippen molar-refractivity contribution in [2.75, 3.05) is 91.9 Å². The second-order valence-corrected chi connectivity index (χ2v) is 27.7. The van der Waals surface area contributed by atoms with Gasteiger partial charge in [-0.25, -0.2) is 36.4 Å². The lowest BCUT2D eigenvalue weighted by Crippen LogP contribution is -2.59. The van der Waals surface area contributed by atoms with E-state index < -0.39 is 42.9 Å². The number of carboxylic acid groups (broad SMARTS) is 1. The molecule has 3 aliphatic rings. The van der Waals surface area contributed by atoms with Crippen LogP contribution in [0.15, 0.2) is 55.8 Å². The number of amides is 1. The highest BCUT2D eigenvalue weighted by molar-refractivity contribution is 8.13. The van der Waals surface area contributed by atoms with Crippen LogP contribution in [0, 0.1) is 0 Å². The average molecular weight is 1430 g/mol. The summed E-state index contributed by atoms with van der Waals surface area (Å²) in [6.07, 6.45) is 1.97. The molecule has 36 heteroatoms. The minimum atomic E-state index is -5.08. The molecule has 11 N–H and O–H groups in total. The summed E-state index contributed by atoms with van der Waals surface area (Å²) in [6.45, 7) is 20.2. The van der Waals surface area contributed by atoms with Gasteiger partial charge in [-0.05, 0) is 136 Å². The molecule has 0 aliphatic carbocycles. The maximum atomic E-state index is 13.3. The SMILES string of the molecule is CC(C)(C)OC(=O)N1CC(=O)C1.CCCc1nn(C)c2c(=O)[nH]c(-c3cc(S(=O)(=O)Cl)ccc3OCC)nc12.CCCc1nn(C)c2c(=O)[nH]c(-c3cc(S(=O)(=O)N4CC(NCCCO)C4)ccc3OCC)nc12.NCCCCO.O=C(O)C(F)(F)F.OCCCCNC1CNC1. The van der Waals surface area contributed by atoms with Gasteiger partial charge in [-0.1, -0.05) is 26.7 Å². The maximum absolute atomic E-state index is 13.3. The van der Waals surface area contributed by atoms with E-state index in [0.29, 0.717) is 122 Å². The van der Waals surface area contributed by atoms with Crippen molar-refractivity contribution in [2.45, 2.75) is 140 Å². The van der Waals surface area contributed by atoms with Gasteiger partial charge in [-0.15, -0.1) is 0 Å². The molecule has 0 unspecified atom stereocenters. The highest BCUT2D eigenvalue weighted by Gasteiger charge is 2.39. The zero-order valence-electron chi connectivity index (χ0n) is 56.1. The van der Waals surface area contributed by atoms with Crippen LogP contribution in [0.3, 0.4) is 0 Å². The van der Waals surface area contributed by atoms with Gasteiger partial charge in [-0.3, -0.25) is 28.6 Å². The lowest BCUT2D eigenvalue weighted by molar-refractivity contribution is -0.192. The fourth-order valence-corrected chi connectivity index (χ4v) is 11.5. The molecule has 4 aromatic heterocycles. The maximum Gasteiger partial charge on any atom is 0.490 e. The number of ether oxygens (including phenoxy) is 3. The molecule has 30 nitrogen and oxygen atoms in total. The molecule has 0 atom stereocenters. The zero-order valence-corrected chi connectivity index (χ0v) is 58.4. The first-order valence-corrected chi connectivity index (χ1v) is 35.4. The fourth-order valence-electron chi connectivity index (χ4n) is 9.19. The van der Waals surface area contributed by atoms with Gasteiger partial charge >= 0.3 is 18.2 Å². The minimum Gasteiger partial charge on any atom is -0.493 e. The van der Waals surface area contributed by atoms with Gasteiger partial charge in [0.05, 0.1) is 58.6 Å². The van der Waals surface area contributed by atoms with Crippen LogP contribution < -0.4 is 42.3 Å². The lowest BCUT2D eigenvalue weighted by atomic mass is 10.1. The Balaban J connectivity index is 0.000000281. The Morgan fingerprint density at radius 2 is 1.14 bits per heavy atom. The number of aliphatic carboxylic acids is 1. The van der Waals surface area contributed by atoms with Gasteiger partial charge in [0.15, 0.2) is 16.8 Å². The van der Waals surface area contributed by atoms with Crippen LogP contribution in [0.5, 0.6) is 11.5 Å². The first kappa shape index (κ1) is 82.2. The van der Waals surface area contributed by atoms with Gasteiger partial charge in [0, 0.05) is 82.9 Å². The smallest absolute Gasteiger partial charge is 0.490 e. The van der Waals surface area contributed by atoms with Gasteiger partial charge in [-0.2, -0.15) is 27.7 Å². The van der Waals surface area contributed by atoms with Crippen LogP contribution in [0.25, 0.3) is 44.8 Å². The third kappa shape index (κ3) is 24.9. The number of H-pyrrole nitrogens is 2. The summed E-state index contributed by atoms with van der Waals surface area (Å²) in [5.74, 6) is -1.41. The molecule has 3 saturated heterocycles. The monoisotopic (exact) mass is 1430 g/mol. The predicted octanol–water partition coefficient (Wildman–Crippen LogP) is 4.10. The summed E-state index contributed by atoms with van der Waals surface area (Å²) in [7, 11) is 1.17. The molecule has 2 aromatic carbocycles. The number of nitrogens with zero attached hydrogens (tertiary/aromatic N) is 8. The standard InChI is InChI=1S/C23H32N6O5S.C17H19ClN4O4S.C8H13NO3.C7H16N2O.C4H11NO.C2HF3O2/c1-4-7-18-20-21(28(3)27-18)23(31)26-22(25-20)17-12-16(8-9-19(17)34-5-2)35(32,33)29-13-15(14-29)24-10-6-11-30;1-4-6-12-14-15(22(3)21-12)17(23)20-16(19-14)11-9-10(27(18,24)25)7-8-13(11)26-5-2;1-8(2,3)12-7(11)9-4-6(10)5-9;10-4-2-1-3-9-7-5-8-6-7;5-3-1-2-4-6;3-2(4,5)1(6)7/h8-9,12,15,24,30H,4-7,10-11,13-14H2,1-3H3,(H,25,26,31);7-9H,4-6H2,1-3H3,(H,19,20,23);4-5H2,1-3H3;7-10H,1-6H2;6H,1-5H2;(H,6,7). The van der Waals surface area contributed by atoms with Crippen LogP contribution in [-0.4, -0.2) is 220 Å². The predicted molar refractivity (Wildman–Crippen MR) is 358 cm³/mol. The number of halogens is 4. The van der Waals surface area contributed by atoms with E-state index in [1.54, 1.807) is 47.9 Å². The molecule has 6 aromatic rings. The molecule has 3 aliphatic heterocycles. The average Bonchev–Trinajstić information content (AvgIpc) is 1.76. The van der Waals surface area contributed by atoms with Crippen molar-refractivity contribution in [3.63, 3.8) is 0 Å². The molecule has 0 spiro atoms. The van der Waals surface area contributed by atoms with E-state index in [4.69, 9.17) is 55.8 Å². The van der Waals surface area contributed by atoms with Gasteiger partial charge < -0.3 is 66.3 Å². The molecular weight excluding hydrogens is 1340 g/mol. The number of carboxylic acids is 1. The Kier molecular flexibility index (Phi) is 32.9. The molecule has 542 valence electrons. The first-order valence-electron chi connectivity index (χ1n) is 31.6. The quantitative estimate of drug-likeness (QED) is 0.0285. The molecule has 1 amide bonds. The zero-order chi connectivity index (χ0) is 72.4. The summed E-state index contributed by atoms with van der Waals surface area (Å²) in [6, 6.07) is 9.55. The molecule has 3 fully saturated rings. The molecule has 9 rings (SSSR count). The number of sulfonamides is 1. The number of Topliss-reactive ketones (excluding diaryl/α,β-unsaturated/α-hetero) is 1. The van der Waals surface area contributed by atoms with E-state index in [1.807, 2.05) is 20.8 Å². The van der Waals surface area contributed by atoms with E-state index in [0.717, 1.165) is 63.9 Å². The van der Waals surface area contributed by atoms with Gasteiger partial charge in [0.2, 0.25) is 10.0 Å². The number of likely N-dealkylation sites (tertiary alicyclic amines) is 1. The topological polar surface area (TPSA) is 424 Å². The number of fused-ring (bicyclic) bond motifs is 2. The Bertz CT molecular complexity index is 3880. The number of carbonyl (C=O) groups excluding carboxylic acids is 2. The van der Waals surface area contributed by atoms with Crippen LogP contribution >= 0.6 is 10.7 Å². The summed E-state index contributed by atoms with van der Waals surface area (Å²) in [5, 5.41) is 51.3. The second kappa shape index (κ2) is 38.8. The van der Waals surface area contributed by atoms with Crippen LogP contribution in [0.2, 0.25) is 0 Å². The lowest BCUT2D eigenvalue weighted by Gasteiger charge is -2.38. The largest absolute Gasteiger partial charge is 0.493 e. The normalized spacial score (nSPS) is 14.2. The number of hydrogen-bond donors (Lipinski definition) is 10. The number of nitrogens with one attached hydrogen (secondary N) is 5. The molecule has 0 radical (unpaired) electrons. The summed E-state index contributed by atoms with van der Waals surface area (Å²) >= 11 is 0. The number of alkyl halides is 3. The first-order chi connectivity index (χ1) is 45.7. The summed E-state index contributed by atoms with van der Waals surface area (Å²) in [5.41, 5.74) is 7.80. The van der Waals surface area contributed by atoms with E-state index in [2.05, 4.69) is 46.1 Å². The van der Waals surface area contributed by atoms with Gasteiger partial charge in [0.1, 0.15) is 39.8 Å².